The topological polar surface area (TPSA) is 121 Å². The van der Waals surface area contributed by atoms with Crippen molar-refractivity contribution in [2.24, 2.45) is 0 Å². The first-order chi connectivity index (χ1) is 29.7. The van der Waals surface area contributed by atoms with Gasteiger partial charge in [-0.15, -0.1) is 0 Å². The Hall–Kier alpha value is -5.13. The van der Waals surface area contributed by atoms with Crippen LogP contribution in [0.3, 0.4) is 0 Å². The summed E-state index contributed by atoms with van der Waals surface area (Å²) in [6.07, 6.45) is 4.13. The molecule has 324 valence electrons. The number of ether oxygens (including phenoxy) is 2. The lowest BCUT2D eigenvalue weighted by Gasteiger charge is -2.37. The Bertz CT molecular complexity index is 2480. The lowest BCUT2D eigenvalue weighted by atomic mass is 9.86. The Kier molecular flexibility index (Phi) is 14.1. The molecule has 2 amide bonds. The van der Waals surface area contributed by atoms with Gasteiger partial charge >= 0.3 is 5.97 Å². The molecule has 5 aromatic rings. The zero-order chi connectivity index (χ0) is 44.2. The van der Waals surface area contributed by atoms with E-state index in [9.17, 15) is 19.5 Å². The summed E-state index contributed by atoms with van der Waals surface area (Å²) in [5.41, 5.74) is 9.53. The molecule has 7 rings (SSSR count). The van der Waals surface area contributed by atoms with Gasteiger partial charge in [-0.3, -0.25) is 19.5 Å². The first kappa shape index (κ1) is 44.9. The number of likely N-dealkylation sites (N-methyl/N-ethyl adjacent to an activating group) is 1. The molecule has 2 unspecified atom stereocenters. The van der Waals surface area contributed by atoms with E-state index in [1.807, 2.05) is 67.3 Å². The first-order valence-corrected chi connectivity index (χ1v) is 22.0. The van der Waals surface area contributed by atoms with Crippen molar-refractivity contribution >= 4 is 52.6 Å². The third kappa shape index (κ3) is 10.2. The zero-order valence-corrected chi connectivity index (χ0v) is 37.8. The van der Waals surface area contributed by atoms with E-state index < -0.39 is 24.0 Å². The molecule has 2 N–H and O–H groups in total. The van der Waals surface area contributed by atoms with Crippen LogP contribution in [0.5, 0.6) is 11.5 Å². The van der Waals surface area contributed by atoms with Gasteiger partial charge in [0.25, 0.3) is 0 Å². The lowest BCUT2D eigenvalue weighted by molar-refractivity contribution is -0.143. The van der Waals surface area contributed by atoms with E-state index in [2.05, 4.69) is 35.4 Å². The average molecular weight is 898 g/mol. The van der Waals surface area contributed by atoms with E-state index in [0.29, 0.717) is 33.8 Å². The number of nitrogens with one attached hydrogen (secondary N) is 1. The van der Waals surface area contributed by atoms with Crippen LogP contribution in [-0.2, 0) is 40.2 Å². The van der Waals surface area contributed by atoms with Gasteiger partial charge < -0.3 is 24.8 Å². The van der Waals surface area contributed by atoms with Gasteiger partial charge in [-0.05, 0) is 138 Å². The van der Waals surface area contributed by atoms with Gasteiger partial charge in [0.2, 0.25) is 11.8 Å². The quantitative estimate of drug-likeness (QED) is 0.120. The van der Waals surface area contributed by atoms with Crippen molar-refractivity contribution in [3.05, 3.63) is 145 Å². The molecule has 2 aliphatic rings. The summed E-state index contributed by atoms with van der Waals surface area (Å²) in [5.74, 6) is -0.104. The van der Waals surface area contributed by atoms with Crippen LogP contribution in [-0.4, -0.2) is 77.0 Å². The number of rotatable bonds is 13. The number of amides is 2. The summed E-state index contributed by atoms with van der Waals surface area (Å²) in [4.78, 5) is 47.7. The Labute approximate surface area is 378 Å². The summed E-state index contributed by atoms with van der Waals surface area (Å²) in [7, 11) is 3.35. The lowest BCUT2D eigenvalue weighted by Crippen LogP contribution is -2.56. The highest BCUT2D eigenvalue weighted by atomic mass is 35.5. The molecule has 0 aliphatic carbocycles. The smallest absolute Gasteiger partial charge is 0.326 e. The minimum absolute atomic E-state index is 0.0158. The molecule has 3 heterocycles. The number of aromatic nitrogens is 1. The number of benzene rings is 4. The molecule has 0 bridgehead atoms. The van der Waals surface area contributed by atoms with Gasteiger partial charge in [-0.1, -0.05) is 78.1 Å². The highest BCUT2D eigenvalue weighted by molar-refractivity contribution is 6.42. The van der Waals surface area contributed by atoms with E-state index in [0.717, 1.165) is 75.4 Å². The second-order valence-electron chi connectivity index (χ2n) is 16.4. The molecule has 62 heavy (non-hydrogen) atoms. The van der Waals surface area contributed by atoms with Crippen molar-refractivity contribution in [2.75, 3.05) is 27.2 Å². The van der Waals surface area contributed by atoms with Crippen molar-refractivity contribution in [3.8, 4) is 22.6 Å². The molecule has 0 saturated heterocycles. The minimum atomic E-state index is -1.26. The Morgan fingerprint density at radius 3 is 2.39 bits per heavy atom. The Morgan fingerprint density at radius 1 is 0.919 bits per heavy atom. The summed E-state index contributed by atoms with van der Waals surface area (Å²) >= 11 is 19.2. The standard InChI is InChI=1S/C49H51Cl3N4O6/c1-6-45(34-11-14-40(50)42(52)22-34)62-38-12-9-30(10-13-38)31-16-18-61-46-25-35-24-44(56(27-47(57)55(4)5)26-37(35)20-36(46)19-31)48(58)54-43(49(59)60)23-33-8-7-32(21-41(33)51)39-15-17-53-29(3)28(39)2/h7-15,17,20-22,25,31,43-45H,6,16,18-19,23-24,26-27H2,1-5H3,(H,54,58)(H,59,60)/t31?,43-,44-,45?/m0/s1. The predicted octanol–water partition coefficient (Wildman–Crippen LogP) is 9.59. The monoisotopic (exact) mass is 896 g/mol. The molecule has 2 aliphatic heterocycles. The fourth-order valence-corrected chi connectivity index (χ4v) is 8.89. The fourth-order valence-electron chi connectivity index (χ4n) is 8.32. The number of pyridine rings is 1. The minimum Gasteiger partial charge on any atom is -0.493 e. The number of aliphatic carboxylic acids is 1. The number of halogens is 3. The van der Waals surface area contributed by atoms with E-state index in [-0.39, 0.29) is 37.3 Å². The van der Waals surface area contributed by atoms with Gasteiger partial charge in [-0.2, -0.15) is 0 Å². The molecule has 0 spiro atoms. The number of nitrogens with zero attached hydrogens (tertiary/aromatic N) is 3. The van der Waals surface area contributed by atoms with Crippen LogP contribution in [0.25, 0.3) is 11.1 Å². The van der Waals surface area contributed by atoms with Crippen LogP contribution >= 0.6 is 34.8 Å². The molecule has 10 nitrogen and oxygen atoms in total. The number of fused-ring (bicyclic) bond motifs is 2. The molecular weight excluding hydrogens is 847 g/mol. The van der Waals surface area contributed by atoms with Crippen molar-refractivity contribution in [1.29, 1.82) is 0 Å². The molecule has 0 saturated carbocycles. The van der Waals surface area contributed by atoms with Gasteiger partial charge in [0, 0.05) is 44.0 Å². The van der Waals surface area contributed by atoms with Crippen LogP contribution in [0, 0.1) is 13.8 Å². The largest absolute Gasteiger partial charge is 0.493 e. The van der Waals surface area contributed by atoms with E-state index in [1.54, 1.807) is 32.4 Å². The van der Waals surface area contributed by atoms with Crippen LogP contribution in [0.1, 0.15) is 76.4 Å². The van der Waals surface area contributed by atoms with Gasteiger partial charge in [-0.25, -0.2) is 4.79 Å². The Morgan fingerprint density at radius 2 is 1.69 bits per heavy atom. The zero-order valence-electron chi connectivity index (χ0n) is 35.5. The number of hydrogen-bond donors (Lipinski definition) is 2. The maximum atomic E-state index is 14.2. The highest BCUT2D eigenvalue weighted by Crippen LogP contribution is 2.38. The summed E-state index contributed by atoms with van der Waals surface area (Å²) in [5, 5.41) is 14.5. The predicted molar refractivity (Wildman–Crippen MR) is 244 cm³/mol. The van der Waals surface area contributed by atoms with Crippen LogP contribution in [0.4, 0.5) is 0 Å². The maximum absolute atomic E-state index is 14.2. The van der Waals surface area contributed by atoms with Crippen LogP contribution < -0.4 is 14.8 Å². The number of hydrogen-bond acceptors (Lipinski definition) is 7. The van der Waals surface area contributed by atoms with Gasteiger partial charge in [0.1, 0.15) is 23.6 Å². The maximum Gasteiger partial charge on any atom is 0.326 e. The molecule has 0 fully saturated rings. The van der Waals surface area contributed by atoms with E-state index in [1.165, 1.54) is 10.5 Å². The second kappa shape index (κ2) is 19.5. The number of carboxylic acid groups (broad SMARTS) is 1. The SMILES string of the molecule is CCC(Oc1ccc(C2CCOc3cc4c(cc3C2)CN(CC(=O)N(C)C)[C@H](C(=O)N[C@@H](Cc2ccc(-c3ccnc(C)c3C)cc2Cl)C(=O)O)C4)cc1)c1ccc(Cl)c(Cl)c1. The first-order valence-electron chi connectivity index (χ1n) is 20.9. The number of carboxylic acids is 1. The molecular formula is C49H51Cl3N4O6. The number of aryl methyl sites for hydroxylation is 1. The van der Waals surface area contributed by atoms with Crippen molar-refractivity contribution in [2.45, 2.75) is 83.5 Å². The third-order valence-corrected chi connectivity index (χ3v) is 13.2. The van der Waals surface area contributed by atoms with Crippen LogP contribution in [0.15, 0.2) is 85.1 Å². The van der Waals surface area contributed by atoms with Crippen molar-refractivity contribution in [1.82, 2.24) is 20.1 Å². The average Bonchev–Trinajstić information content (AvgIpc) is 3.46. The Balaban J connectivity index is 1.07. The molecule has 4 aromatic carbocycles. The number of carbonyl (C=O) groups is 3. The normalized spacial score (nSPS) is 17.1. The summed E-state index contributed by atoms with van der Waals surface area (Å²) < 4.78 is 12.7. The molecule has 13 heteroatoms. The summed E-state index contributed by atoms with van der Waals surface area (Å²) in [6.45, 7) is 6.83. The van der Waals surface area contributed by atoms with Crippen LogP contribution in [0.2, 0.25) is 15.1 Å². The highest BCUT2D eigenvalue weighted by Gasteiger charge is 2.36. The fraction of sp³-hybridized carbons (Fsp3) is 0.347. The summed E-state index contributed by atoms with van der Waals surface area (Å²) in [6, 6.07) is 23.3. The van der Waals surface area contributed by atoms with E-state index >= 15 is 0 Å². The second-order valence-corrected chi connectivity index (χ2v) is 17.6. The molecule has 0 radical (unpaired) electrons. The van der Waals surface area contributed by atoms with Gasteiger partial charge in [0.15, 0.2) is 0 Å². The van der Waals surface area contributed by atoms with Crippen molar-refractivity contribution in [3.63, 3.8) is 0 Å². The number of carbonyl (C=O) groups excluding carboxylic acids is 2. The van der Waals surface area contributed by atoms with E-state index in [4.69, 9.17) is 44.3 Å². The molecule has 4 atom stereocenters. The molecule has 1 aromatic heterocycles. The van der Waals surface area contributed by atoms with Crippen molar-refractivity contribution < 1.29 is 29.0 Å². The van der Waals surface area contributed by atoms with Gasteiger partial charge in [0.05, 0.1) is 29.2 Å². The third-order valence-electron chi connectivity index (χ3n) is 12.1.